The molecule has 0 radical (unpaired) electrons. The van der Waals surface area contributed by atoms with Crippen molar-refractivity contribution < 1.29 is 4.18 Å². The van der Waals surface area contributed by atoms with Gasteiger partial charge in [-0.2, -0.15) is 4.40 Å². The largest absolute Gasteiger partial charge is 0.402 e. The molecule has 12 heavy (non-hydrogen) atoms. The molecule has 0 aliphatic carbocycles. The topological polar surface area (TPSA) is 21.6 Å². The summed E-state index contributed by atoms with van der Waals surface area (Å²) in [7, 11) is 0. The lowest BCUT2D eigenvalue weighted by molar-refractivity contribution is 0.643. The third kappa shape index (κ3) is 1.40. The van der Waals surface area contributed by atoms with E-state index in [0.29, 0.717) is 15.8 Å². The van der Waals surface area contributed by atoms with Gasteiger partial charge in [-0.1, -0.05) is 23.2 Å². The Morgan fingerprint density at radius 2 is 2.17 bits per heavy atom. The quantitative estimate of drug-likeness (QED) is 0.493. The zero-order valence-corrected chi connectivity index (χ0v) is 8.08. The van der Waals surface area contributed by atoms with Crippen LogP contribution in [0.2, 0.25) is 10.0 Å². The molecule has 0 atom stereocenters. The number of hydrogen-bond acceptors (Lipinski definition) is 3. The Morgan fingerprint density at radius 1 is 1.33 bits per heavy atom. The van der Waals surface area contributed by atoms with Gasteiger partial charge < -0.3 is 4.18 Å². The van der Waals surface area contributed by atoms with Crippen molar-refractivity contribution in [2.45, 2.75) is 0 Å². The van der Waals surface area contributed by atoms with Crippen molar-refractivity contribution in [3.8, 4) is 5.75 Å². The van der Waals surface area contributed by atoms with Crippen LogP contribution in [0.15, 0.2) is 16.5 Å². The second-order valence-electron chi connectivity index (χ2n) is 2.20. The Kier molecular flexibility index (Phi) is 2.17. The van der Waals surface area contributed by atoms with Gasteiger partial charge in [0, 0.05) is 16.8 Å². The van der Waals surface area contributed by atoms with Gasteiger partial charge in [-0.15, -0.1) is 0 Å². The molecule has 5 heteroatoms. The molecular weight excluding hydrogens is 217 g/mol. The highest BCUT2D eigenvalue weighted by molar-refractivity contribution is 7.93. The predicted octanol–water partition coefficient (Wildman–Crippen LogP) is 3.37. The van der Waals surface area contributed by atoms with E-state index < -0.39 is 0 Å². The Balaban J connectivity index is 2.62. The van der Waals surface area contributed by atoms with Crippen LogP contribution in [0, 0.1) is 0 Å². The van der Waals surface area contributed by atoms with E-state index in [1.165, 1.54) is 0 Å². The summed E-state index contributed by atoms with van der Waals surface area (Å²) in [5, 5.41) is 1.09. The second kappa shape index (κ2) is 3.17. The summed E-state index contributed by atoms with van der Waals surface area (Å²) < 4.78 is 8.99. The van der Waals surface area contributed by atoms with E-state index in [1.54, 1.807) is 18.3 Å². The number of halogens is 2. The van der Waals surface area contributed by atoms with E-state index in [2.05, 4.69) is 4.40 Å². The Labute approximate surface area is 83.9 Å². The molecule has 0 bridgehead atoms. The number of nitrogens with zero attached hydrogens (tertiary/aromatic N) is 1. The maximum Gasteiger partial charge on any atom is 0.201 e. The van der Waals surface area contributed by atoms with E-state index in [-0.39, 0.29) is 0 Å². The third-order valence-electron chi connectivity index (χ3n) is 1.39. The van der Waals surface area contributed by atoms with Gasteiger partial charge in [0.2, 0.25) is 12.2 Å². The molecule has 1 aliphatic heterocycles. The minimum absolute atomic E-state index is 0.510. The monoisotopic (exact) mass is 219 g/mol. The van der Waals surface area contributed by atoms with Crippen LogP contribution in [-0.4, -0.2) is 6.21 Å². The first-order valence-corrected chi connectivity index (χ1v) is 4.59. The standard InChI is InChI=1S/C7H3Cl2NOS/c8-5-1-4-3-10-12-11-7(4)6(9)2-5/h1-3H. The first-order valence-electron chi connectivity index (χ1n) is 3.13. The molecule has 1 aromatic carbocycles. The van der Waals surface area contributed by atoms with Gasteiger partial charge in [-0.25, -0.2) is 0 Å². The van der Waals surface area contributed by atoms with E-state index in [0.717, 1.165) is 17.8 Å². The van der Waals surface area contributed by atoms with Crippen molar-refractivity contribution in [1.82, 2.24) is 0 Å². The van der Waals surface area contributed by atoms with Crippen molar-refractivity contribution in [3.05, 3.63) is 27.7 Å². The fourth-order valence-corrected chi connectivity index (χ4v) is 1.95. The summed E-state index contributed by atoms with van der Waals surface area (Å²) in [6.07, 6.45) is 1.67. The highest BCUT2D eigenvalue weighted by Crippen LogP contribution is 2.35. The molecule has 0 unspecified atom stereocenters. The van der Waals surface area contributed by atoms with Gasteiger partial charge in [0.25, 0.3) is 0 Å². The molecule has 0 saturated carbocycles. The molecule has 0 spiro atoms. The van der Waals surface area contributed by atoms with E-state index >= 15 is 0 Å². The van der Waals surface area contributed by atoms with E-state index in [9.17, 15) is 0 Å². The first-order chi connectivity index (χ1) is 5.77. The lowest BCUT2D eigenvalue weighted by atomic mass is 10.2. The van der Waals surface area contributed by atoms with Crippen molar-refractivity contribution in [3.63, 3.8) is 0 Å². The van der Waals surface area contributed by atoms with Crippen molar-refractivity contribution >= 4 is 41.6 Å². The van der Waals surface area contributed by atoms with Crippen molar-refractivity contribution in [1.29, 1.82) is 0 Å². The van der Waals surface area contributed by atoms with Crippen LogP contribution < -0.4 is 4.18 Å². The molecule has 1 aliphatic rings. The van der Waals surface area contributed by atoms with Crippen molar-refractivity contribution in [2.75, 3.05) is 0 Å². The molecule has 1 heterocycles. The van der Waals surface area contributed by atoms with Crippen LogP contribution in [0.1, 0.15) is 5.56 Å². The number of fused-ring (bicyclic) bond motifs is 1. The second-order valence-corrected chi connectivity index (χ2v) is 3.57. The summed E-state index contributed by atoms with van der Waals surface area (Å²) in [6, 6.07) is 3.40. The normalized spacial score (nSPS) is 13.8. The summed E-state index contributed by atoms with van der Waals surface area (Å²) in [4.78, 5) is 0. The molecule has 2 rings (SSSR count). The summed E-state index contributed by atoms with van der Waals surface area (Å²) in [6.45, 7) is 0. The Hall–Kier alpha value is -0.380. The highest BCUT2D eigenvalue weighted by atomic mass is 35.5. The third-order valence-corrected chi connectivity index (χ3v) is 2.32. The van der Waals surface area contributed by atoms with Crippen LogP contribution in [0.25, 0.3) is 0 Å². The molecule has 2 nitrogen and oxygen atoms in total. The average molecular weight is 220 g/mol. The minimum atomic E-state index is 0.510. The van der Waals surface area contributed by atoms with Gasteiger partial charge in [-0.3, -0.25) is 0 Å². The summed E-state index contributed by atoms with van der Waals surface area (Å²) >= 11 is 12.6. The highest BCUT2D eigenvalue weighted by Gasteiger charge is 2.12. The van der Waals surface area contributed by atoms with Crippen LogP contribution in [0.3, 0.4) is 0 Å². The molecule has 0 aromatic heterocycles. The molecule has 0 N–H and O–H groups in total. The molecule has 62 valence electrons. The van der Waals surface area contributed by atoms with Gasteiger partial charge in [0.15, 0.2) is 5.75 Å². The predicted molar refractivity (Wildman–Crippen MR) is 52.3 cm³/mol. The zero-order valence-electron chi connectivity index (χ0n) is 5.75. The van der Waals surface area contributed by atoms with E-state index in [1.807, 2.05) is 0 Å². The van der Waals surface area contributed by atoms with Gasteiger partial charge in [0.1, 0.15) is 0 Å². The summed E-state index contributed by atoms with van der Waals surface area (Å²) in [5.41, 5.74) is 0.811. The Bertz CT molecular complexity index is 354. The van der Waals surface area contributed by atoms with Crippen molar-refractivity contribution in [2.24, 2.45) is 4.40 Å². The van der Waals surface area contributed by atoms with Gasteiger partial charge in [0.05, 0.1) is 5.02 Å². The SMILES string of the molecule is Clc1cc(Cl)c2c(c1)C=NSO2. The maximum atomic E-state index is 5.86. The van der Waals surface area contributed by atoms with Crippen LogP contribution in [0.4, 0.5) is 0 Å². The molecule has 1 aromatic rings. The fourth-order valence-electron chi connectivity index (χ4n) is 0.901. The molecule has 0 amide bonds. The van der Waals surface area contributed by atoms with Crippen LogP contribution >= 0.6 is 35.4 Å². The lowest BCUT2D eigenvalue weighted by Crippen LogP contribution is -1.94. The maximum absolute atomic E-state index is 5.86. The molecular formula is C7H3Cl2NOS. The van der Waals surface area contributed by atoms with Gasteiger partial charge >= 0.3 is 0 Å². The van der Waals surface area contributed by atoms with Crippen LogP contribution in [-0.2, 0) is 0 Å². The average Bonchev–Trinajstić information content (AvgIpc) is 2.04. The number of benzene rings is 1. The lowest BCUT2D eigenvalue weighted by Gasteiger charge is -2.10. The first kappa shape index (κ1) is 8.23. The minimum Gasteiger partial charge on any atom is -0.402 e. The fraction of sp³-hybridized carbons (Fsp3) is 0. The summed E-state index contributed by atoms with van der Waals surface area (Å²) in [5.74, 6) is 0.626. The number of hydrogen-bond donors (Lipinski definition) is 0. The van der Waals surface area contributed by atoms with Crippen LogP contribution in [0.5, 0.6) is 5.75 Å². The smallest absolute Gasteiger partial charge is 0.201 e. The zero-order chi connectivity index (χ0) is 8.55. The Morgan fingerprint density at radius 3 is 3.00 bits per heavy atom. The number of rotatable bonds is 0. The van der Waals surface area contributed by atoms with E-state index in [4.69, 9.17) is 27.4 Å². The molecule has 0 fully saturated rings. The molecule has 0 saturated heterocycles. The van der Waals surface area contributed by atoms with Gasteiger partial charge in [-0.05, 0) is 12.1 Å².